The van der Waals surface area contributed by atoms with Gasteiger partial charge in [-0.15, -0.1) is 0 Å². The van der Waals surface area contributed by atoms with Gasteiger partial charge in [0.25, 0.3) is 6.67 Å². The highest BCUT2D eigenvalue weighted by molar-refractivity contribution is 7.88. The number of nitrogens with zero attached hydrogens (tertiary/aromatic N) is 7. The monoisotopic (exact) mass is 657 g/mol. The van der Waals surface area contributed by atoms with Crippen molar-refractivity contribution in [3.8, 4) is 11.3 Å². The second-order valence-electron chi connectivity index (χ2n) is 11.9. The maximum atomic E-state index is 13.2. The number of aromatic nitrogens is 4. The number of fused-ring (bicyclic) bond motifs is 2. The minimum atomic E-state index is -4.49. The molecule has 1 saturated heterocycles. The molecule has 1 fully saturated rings. The van der Waals surface area contributed by atoms with Crippen LogP contribution in [0, 0.1) is 6.57 Å². The number of β-amino-alcohol motifs (C(OH)–C–C–N with tert-alkyl or cyclic N) is 1. The first-order valence-electron chi connectivity index (χ1n) is 15.0. The Hall–Kier alpha value is -3.97. The molecule has 244 valence electrons. The van der Waals surface area contributed by atoms with Crippen LogP contribution in [0.3, 0.4) is 0 Å². The van der Waals surface area contributed by atoms with Crippen molar-refractivity contribution in [1.29, 1.82) is 0 Å². The number of aliphatic hydroxyl groups excluding tert-OH is 1. The van der Waals surface area contributed by atoms with Crippen LogP contribution in [0.25, 0.3) is 27.1 Å². The molecule has 2 aromatic carbocycles. The highest BCUT2D eigenvalue weighted by Crippen LogP contribution is 2.34. The van der Waals surface area contributed by atoms with Crippen molar-refractivity contribution < 1.29 is 26.7 Å². The Balaban J connectivity index is 1.17. The summed E-state index contributed by atoms with van der Waals surface area (Å²) >= 11 is 0. The number of halogens is 3. The summed E-state index contributed by atoms with van der Waals surface area (Å²) < 4.78 is 70.5. The molecule has 0 radical (unpaired) electrons. The number of likely N-dealkylation sites (tertiary alicyclic amines) is 1. The van der Waals surface area contributed by atoms with Crippen LogP contribution < -0.4 is 5.69 Å². The van der Waals surface area contributed by atoms with Gasteiger partial charge in [0.15, 0.2) is 0 Å². The predicted octanol–water partition coefficient (Wildman–Crippen LogP) is 3.58. The number of alkyl halides is 3. The van der Waals surface area contributed by atoms with Gasteiger partial charge in [-0.3, -0.25) is 14.1 Å². The zero-order valence-corrected chi connectivity index (χ0v) is 26.0. The van der Waals surface area contributed by atoms with Crippen molar-refractivity contribution in [2.45, 2.75) is 57.3 Å². The van der Waals surface area contributed by atoms with E-state index in [1.165, 1.54) is 21.0 Å². The summed E-state index contributed by atoms with van der Waals surface area (Å²) in [6.07, 6.45) is -2.46. The third kappa shape index (κ3) is 6.22. The van der Waals surface area contributed by atoms with Crippen LogP contribution in [0.15, 0.2) is 53.3 Å². The number of para-hydroxylation sites is 2. The van der Waals surface area contributed by atoms with Gasteiger partial charge < -0.3 is 10.0 Å². The molecule has 2 aromatic heterocycles. The second-order valence-corrected chi connectivity index (χ2v) is 13.9. The van der Waals surface area contributed by atoms with Gasteiger partial charge in [0.05, 0.1) is 41.2 Å². The van der Waals surface area contributed by atoms with Gasteiger partial charge in [-0.2, -0.15) is 22.6 Å². The number of imidazole rings is 1. The quantitative estimate of drug-likeness (QED) is 0.290. The average Bonchev–Trinajstić information content (AvgIpc) is 3.51. The van der Waals surface area contributed by atoms with Crippen LogP contribution in [0.5, 0.6) is 0 Å². The third-order valence-corrected chi connectivity index (χ3v) is 10.2. The topological polar surface area (TPSA) is 110 Å². The molecular weight excluding hydrogens is 623 g/mol. The minimum absolute atomic E-state index is 0.0403. The maximum absolute atomic E-state index is 13.2. The Labute approximate surface area is 263 Å². The molecule has 0 saturated carbocycles. The van der Waals surface area contributed by atoms with Gasteiger partial charge in [0, 0.05) is 62.0 Å². The highest BCUT2D eigenvalue weighted by Gasteiger charge is 2.33. The predicted molar refractivity (Wildman–Crippen MR) is 165 cm³/mol. The molecule has 1 N–H and O–H groups in total. The van der Waals surface area contributed by atoms with Crippen LogP contribution in [-0.2, 0) is 42.4 Å². The fraction of sp³-hybridized carbons (Fsp3) is 0.452. The Morgan fingerprint density at radius 1 is 1.04 bits per heavy atom. The number of hydrogen-bond acceptors (Lipinski definition) is 6. The average molecular weight is 658 g/mol. The summed E-state index contributed by atoms with van der Waals surface area (Å²) in [5, 5.41) is 15.8. The van der Waals surface area contributed by atoms with Gasteiger partial charge in [-0.05, 0) is 37.1 Å². The van der Waals surface area contributed by atoms with Crippen molar-refractivity contribution in [3.05, 3.63) is 87.3 Å². The molecule has 11 nitrogen and oxygen atoms in total. The van der Waals surface area contributed by atoms with E-state index in [4.69, 9.17) is 6.57 Å². The zero-order valence-electron chi connectivity index (χ0n) is 25.2. The Bertz CT molecular complexity index is 1950. The molecule has 1 atom stereocenters. The molecule has 0 bridgehead atoms. The Morgan fingerprint density at radius 3 is 2.35 bits per heavy atom. The lowest BCUT2D eigenvalue weighted by molar-refractivity contribution is -0.137. The van der Waals surface area contributed by atoms with Crippen molar-refractivity contribution in [2.24, 2.45) is 0 Å². The van der Waals surface area contributed by atoms with E-state index in [1.54, 1.807) is 9.25 Å². The van der Waals surface area contributed by atoms with Gasteiger partial charge in [0.2, 0.25) is 10.0 Å². The fourth-order valence-electron chi connectivity index (χ4n) is 6.66. The number of aliphatic hydroxyl groups is 1. The molecule has 0 aliphatic carbocycles. The van der Waals surface area contributed by atoms with Gasteiger partial charge in [0.1, 0.15) is 0 Å². The van der Waals surface area contributed by atoms with Gasteiger partial charge in [-0.25, -0.2) is 24.4 Å². The number of piperidine rings is 1. The number of benzene rings is 2. The highest BCUT2D eigenvalue weighted by atomic mass is 32.2. The Morgan fingerprint density at radius 2 is 1.72 bits per heavy atom. The van der Waals surface area contributed by atoms with Crippen LogP contribution in [0.1, 0.15) is 35.7 Å². The second kappa shape index (κ2) is 12.3. The lowest BCUT2D eigenvalue weighted by Crippen LogP contribution is -2.42. The molecule has 6 rings (SSSR count). The summed E-state index contributed by atoms with van der Waals surface area (Å²) in [6, 6.07) is 12.1. The first-order valence-corrected chi connectivity index (χ1v) is 16.8. The van der Waals surface area contributed by atoms with E-state index in [0.29, 0.717) is 55.7 Å². The number of hydrogen-bond donors (Lipinski definition) is 1. The molecule has 4 aromatic rings. The van der Waals surface area contributed by atoms with E-state index in [1.807, 2.05) is 24.3 Å². The number of sulfonamides is 1. The lowest BCUT2D eigenvalue weighted by atomic mass is 10.0. The SMILES string of the molecule is [C-]#[N+]Cn1c(=O)n(C2CCN(CC(O)Cn3nc(-c4ccc(C(F)(F)F)cc4)c4c3CCN(S(C)(=O)=O)C4)CC2)c2ccccc21. The molecule has 4 heterocycles. The normalized spacial score (nSPS) is 17.7. The zero-order chi connectivity index (χ0) is 32.8. The standard InChI is InChI=1S/C31H34F3N7O4S/c1-35-20-39-27-5-3-4-6-28(27)41(30(39)43)23-11-14-37(15-12-23)17-24(42)18-40-26-13-16-38(46(2,44)45)19-25(26)29(36-40)21-7-9-22(10-8-21)31(32,33)34/h3-10,23-24,42H,11-20H2,2H3. The van der Waals surface area contributed by atoms with Crippen molar-refractivity contribution in [2.75, 3.05) is 32.4 Å². The summed E-state index contributed by atoms with van der Waals surface area (Å²) in [5.74, 6) is 0. The molecule has 2 aliphatic rings. The molecular formula is C31H34F3N7O4S. The minimum Gasteiger partial charge on any atom is -0.390 e. The van der Waals surface area contributed by atoms with E-state index in [2.05, 4.69) is 14.8 Å². The lowest BCUT2D eigenvalue weighted by Gasteiger charge is -2.33. The van der Waals surface area contributed by atoms with Crippen LogP contribution in [0.4, 0.5) is 13.2 Å². The van der Waals surface area contributed by atoms with Gasteiger partial charge >= 0.3 is 11.9 Å². The molecule has 1 unspecified atom stereocenters. The van der Waals surface area contributed by atoms with E-state index in [0.717, 1.165) is 35.1 Å². The largest absolute Gasteiger partial charge is 0.416 e. The van der Waals surface area contributed by atoms with Crippen LogP contribution in [-0.4, -0.2) is 80.2 Å². The van der Waals surface area contributed by atoms with E-state index < -0.39 is 27.9 Å². The van der Waals surface area contributed by atoms with E-state index in [-0.39, 0.29) is 38.0 Å². The molecule has 15 heteroatoms. The van der Waals surface area contributed by atoms with E-state index in [9.17, 15) is 31.5 Å². The number of rotatable bonds is 8. The summed E-state index contributed by atoms with van der Waals surface area (Å²) in [6.45, 7) is 9.26. The summed E-state index contributed by atoms with van der Waals surface area (Å²) in [4.78, 5) is 18.8. The summed E-state index contributed by atoms with van der Waals surface area (Å²) in [5.41, 5.74) is 2.75. The van der Waals surface area contributed by atoms with E-state index >= 15 is 0 Å². The molecule has 46 heavy (non-hydrogen) atoms. The first kappa shape index (κ1) is 32.0. The maximum Gasteiger partial charge on any atom is 0.416 e. The van der Waals surface area contributed by atoms with Crippen molar-refractivity contribution >= 4 is 21.1 Å². The van der Waals surface area contributed by atoms with Crippen molar-refractivity contribution in [1.82, 2.24) is 28.1 Å². The van der Waals surface area contributed by atoms with Gasteiger partial charge in [-0.1, -0.05) is 24.3 Å². The summed E-state index contributed by atoms with van der Waals surface area (Å²) in [7, 11) is -3.51. The molecule has 0 spiro atoms. The molecule has 0 amide bonds. The smallest absolute Gasteiger partial charge is 0.390 e. The fourth-order valence-corrected chi connectivity index (χ4v) is 7.44. The third-order valence-electron chi connectivity index (χ3n) is 8.91. The van der Waals surface area contributed by atoms with Crippen LogP contribution >= 0.6 is 0 Å². The van der Waals surface area contributed by atoms with Crippen molar-refractivity contribution in [3.63, 3.8) is 0 Å². The van der Waals surface area contributed by atoms with Crippen LogP contribution in [0.2, 0.25) is 0 Å². The first-order chi connectivity index (χ1) is 21.8. The Kier molecular flexibility index (Phi) is 8.57. The molecule has 2 aliphatic heterocycles.